The molecule has 1 N–H and O–H groups in total. The number of hydrogen-bond acceptors (Lipinski definition) is 4. The highest BCUT2D eigenvalue weighted by Gasteiger charge is 2.24. The molecule has 0 amide bonds. The summed E-state index contributed by atoms with van der Waals surface area (Å²) < 4.78 is 7.48. The average Bonchev–Trinajstić information content (AvgIpc) is 3.01. The molecule has 1 aliphatic rings. The van der Waals surface area contributed by atoms with Gasteiger partial charge in [-0.2, -0.15) is 0 Å². The minimum atomic E-state index is 0.312. The van der Waals surface area contributed by atoms with Crippen LogP contribution in [0.2, 0.25) is 0 Å². The molecule has 4 rings (SSSR count). The fourth-order valence-corrected chi connectivity index (χ4v) is 3.58. The number of benzene rings is 2. The highest BCUT2D eigenvalue weighted by molar-refractivity contribution is 5.57. The number of aromatic hydroxyl groups is 1. The van der Waals surface area contributed by atoms with Crippen molar-refractivity contribution in [1.29, 1.82) is 0 Å². The van der Waals surface area contributed by atoms with Crippen molar-refractivity contribution in [3.63, 3.8) is 0 Å². The summed E-state index contributed by atoms with van der Waals surface area (Å²) >= 11 is 0. The van der Waals surface area contributed by atoms with Crippen LogP contribution in [0.5, 0.6) is 11.5 Å². The normalized spacial score (nSPS) is 14.2. The minimum absolute atomic E-state index is 0.312. The first-order chi connectivity index (χ1) is 12.7. The molecule has 0 fully saturated rings. The molecule has 3 aromatic rings. The third kappa shape index (κ3) is 3.06. The van der Waals surface area contributed by atoms with Crippen LogP contribution in [0.15, 0.2) is 48.5 Å². The number of hydrogen-bond donors (Lipinski definition) is 1. The van der Waals surface area contributed by atoms with E-state index in [1.54, 1.807) is 19.2 Å². The number of phenols is 1. The van der Waals surface area contributed by atoms with Crippen LogP contribution in [0.3, 0.4) is 0 Å². The summed E-state index contributed by atoms with van der Waals surface area (Å²) in [7, 11) is 3.73. The lowest BCUT2D eigenvalue weighted by Gasteiger charge is -2.27. The Bertz CT molecular complexity index is 919. The summed E-state index contributed by atoms with van der Waals surface area (Å²) in [5, 5.41) is 10.2. The molecular formula is C21H23N3O2. The quantitative estimate of drug-likeness (QED) is 0.785. The molecular weight excluding hydrogens is 326 g/mol. The van der Waals surface area contributed by atoms with E-state index < -0.39 is 0 Å². The van der Waals surface area contributed by atoms with E-state index in [9.17, 15) is 5.11 Å². The summed E-state index contributed by atoms with van der Waals surface area (Å²) in [5.41, 5.74) is 4.45. The van der Waals surface area contributed by atoms with Crippen LogP contribution < -0.4 is 4.74 Å². The van der Waals surface area contributed by atoms with Gasteiger partial charge in [0.25, 0.3) is 0 Å². The Labute approximate surface area is 153 Å². The van der Waals surface area contributed by atoms with Crippen LogP contribution in [0.25, 0.3) is 11.4 Å². The van der Waals surface area contributed by atoms with Gasteiger partial charge in [0.15, 0.2) is 0 Å². The van der Waals surface area contributed by atoms with Gasteiger partial charge < -0.3 is 14.4 Å². The van der Waals surface area contributed by atoms with Crippen molar-refractivity contribution in [2.75, 3.05) is 13.7 Å². The van der Waals surface area contributed by atoms with E-state index in [1.165, 1.54) is 11.4 Å². The van der Waals surface area contributed by atoms with Gasteiger partial charge >= 0.3 is 0 Å². The molecule has 26 heavy (non-hydrogen) atoms. The van der Waals surface area contributed by atoms with Gasteiger partial charge in [0, 0.05) is 44.2 Å². The molecule has 0 atom stereocenters. The fourth-order valence-electron chi connectivity index (χ4n) is 3.58. The molecule has 5 nitrogen and oxygen atoms in total. The molecule has 1 aromatic heterocycles. The highest BCUT2D eigenvalue weighted by atomic mass is 16.5. The van der Waals surface area contributed by atoms with Gasteiger partial charge in [-0.25, -0.2) is 4.98 Å². The zero-order chi connectivity index (χ0) is 18.1. The first-order valence-corrected chi connectivity index (χ1v) is 8.84. The number of methoxy groups -OCH3 is 1. The van der Waals surface area contributed by atoms with Gasteiger partial charge in [-0.05, 0) is 18.2 Å². The number of phenolic OH excluding ortho intramolecular Hbond substituents is 1. The Morgan fingerprint density at radius 2 is 1.96 bits per heavy atom. The lowest BCUT2D eigenvalue weighted by Crippen LogP contribution is -2.31. The number of nitrogens with zero attached hydrogens (tertiary/aromatic N) is 3. The molecule has 0 bridgehead atoms. The topological polar surface area (TPSA) is 50.5 Å². The predicted octanol–water partition coefficient (Wildman–Crippen LogP) is 3.36. The van der Waals surface area contributed by atoms with E-state index >= 15 is 0 Å². The van der Waals surface area contributed by atoms with E-state index in [0.29, 0.717) is 12.3 Å². The third-order valence-electron chi connectivity index (χ3n) is 5.05. The second-order valence-electron chi connectivity index (χ2n) is 6.71. The molecule has 2 aromatic carbocycles. The van der Waals surface area contributed by atoms with Crippen molar-refractivity contribution in [2.45, 2.75) is 19.5 Å². The summed E-state index contributed by atoms with van der Waals surface area (Å²) in [6, 6.07) is 15.7. The molecule has 0 aliphatic carbocycles. The molecule has 0 radical (unpaired) electrons. The molecule has 2 heterocycles. The molecule has 5 heteroatoms. The maximum Gasteiger partial charge on any atom is 0.140 e. The van der Waals surface area contributed by atoms with Gasteiger partial charge in [-0.1, -0.05) is 30.3 Å². The standard InChI is InChI=1S/C21H23N3O2/c1-23-19-14-24(13-16-12-17(26-2)8-9-20(16)25)11-10-18(19)22-21(23)15-6-4-3-5-7-15/h3-9,12,25H,10-11,13-14H2,1-2H3. The van der Waals surface area contributed by atoms with Crippen LogP contribution in [-0.4, -0.2) is 33.2 Å². The van der Waals surface area contributed by atoms with Crippen molar-refractivity contribution in [1.82, 2.24) is 14.5 Å². The summed E-state index contributed by atoms with van der Waals surface area (Å²) in [4.78, 5) is 7.21. The van der Waals surface area contributed by atoms with Gasteiger partial charge in [0.1, 0.15) is 17.3 Å². The van der Waals surface area contributed by atoms with Crippen LogP contribution >= 0.6 is 0 Å². The van der Waals surface area contributed by atoms with E-state index in [4.69, 9.17) is 9.72 Å². The summed E-state index contributed by atoms with van der Waals surface area (Å²) in [6.07, 6.45) is 0.917. The van der Waals surface area contributed by atoms with Crippen LogP contribution in [0.4, 0.5) is 0 Å². The number of aromatic nitrogens is 2. The average molecular weight is 349 g/mol. The predicted molar refractivity (Wildman–Crippen MR) is 101 cm³/mol. The van der Waals surface area contributed by atoms with Crippen LogP contribution in [0.1, 0.15) is 17.0 Å². The molecule has 0 saturated heterocycles. The first kappa shape index (κ1) is 16.7. The smallest absolute Gasteiger partial charge is 0.140 e. The zero-order valence-corrected chi connectivity index (χ0v) is 15.1. The largest absolute Gasteiger partial charge is 0.508 e. The van der Waals surface area contributed by atoms with Crippen molar-refractivity contribution in [3.05, 3.63) is 65.5 Å². The third-order valence-corrected chi connectivity index (χ3v) is 5.05. The highest BCUT2D eigenvalue weighted by Crippen LogP contribution is 2.29. The van der Waals surface area contributed by atoms with Gasteiger partial charge in [-0.3, -0.25) is 4.90 Å². The van der Waals surface area contributed by atoms with Crippen molar-refractivity contribution >= 4 is 0 Å². The van der Waals surface area contributed by atoms with Gasteiger partial charge in [-0.15, -0.1) is 0 Å². The monoisotopic (exact) mass is 349 g/mol. The van der Waals surface area contributed by atoms with E-state index in [0.717, 1.165) is 42.2 Å². The molecule has 0 unspecified atom stereocenters. The SMILES string of the molecule is COc1ccc(O)c(CN2CCc3nc(-c4ccccc4)n(C)c3C2)c1. The van der Waals surface area contributed by atoms with Gasteiger partial charge in [0.05, 0.1) is 18.5 Å². The second-order valence-corrected chi connectivity index (χ2v) is 6.71. The maximum absolute atomic E-state index is 10.2. The van der Waals surface area contributed by atoms with E-state index in [1.807, 2.05) is 24.3 Å². The summed E-state index contributed by atoms with van der Waals surface area (Å²) in [6.45, 7) is 2.44. The van der Waals surface area contributed by atoms with E-state index in [2.05, 4.69) is 28.6 Å². The van der Waals surface area contributed by atoms with E-state index in [-0.39, 0.29) is 0 Å². The van der Waals surface area contributed by atoms with Crippen molar-refractivity contribution < 1.29 is 9.84 Å². The molecule has 0 saturated carbocycles. The number of imidazole rings is 1. The minimum Gasteiger partial charge on any atom is -0.508 e. The van der Waals surface area contributed by atoms with Gasteiger partial charge in [0.2, 0.25) is 0 Å². The number of rotatable bonds is 4. The van der Waals surface area contributed by atoms with Crippen LogP contribution in [-0.2, 0) is 26.6 Å². The molecule has 1 aliphatic heterocycles. The zero-order valence-electron chi connectivity index (χ0n) is 15.1. The lowest BCUT2D eigenvalue weighted by molar-refractivity contribution is 0.235. The summed E-state index contributed by atoms with van der Waals surface area (Å²) in [5.74, 6) is 2.09. The lowest BCUT2D eigenvalue weighted by atomic mass is 10.1. The molecule has 0 spiro atoms. The Morgan fingerprint density at radius 3 is 2.73 bits per heavy atom. The Balaban J connectivity index is 1.58. The second kappa shape index (κ2) is 6.84. The first-order valence-electron chi connectivity index (χ1n) is 8.84. The molecule has 134 valence electrons. The van der Waals surface area contributed by atoms with Crippen molar-refractivity contribution in [2.24, 2.45) is 7.05 Å². The fraction of sp³-hybridized carbons (Fsp3) is 0.286. The maximum atomic E-state index is 10.2. The van der Waals surface area contributed by atoms with Crippen molar-refractivity contribution in [3.8, 4) is 22.9 Å². The number of ether oxygens (including phenoxy) is 1. The Morgan fingerprint density at radius 1 is 1.15 bits per heavy atom. The Kier molecular flexibility index (Phi) is 4.39. The number of fused-ring (bicyclic) bond motifs is 1. The Hall–Kier alpha value is -2.79. The van der Waals surface area contributed by atoms with Crippen LogP contribution in [0, 0.1) is 0 Å².